The van der Waals surface area contributed by atoms with E-state index in [0.717, 1.165) is 22.6 Å². The van der Waals surface area contributed by atoms with Gasteiger partial charge in [-0.1, -0.05) is 23.4 Å². The third-order valence-corrected chi connectivity index (χ3v) is 4.98. The summed E-state index contributed by atoms with van der Waals surface area (Å²) in [6, 6.07) is 13.2. The van der Waals surface area contributed by atoms with Gasteiger partial charge in [-0.3, -0.25) is 4.79 Å². The van der Waals surface area contributed by atoms with Crippen LogP contribution in [-0.2, 0) is 4.79 Å². The van der Waals surface area contributed by atoms with Crippen molar-refractivity contribution in [3.05, 3.63) is 53.9 Å². The number of anilines is 1. The number of benzene rings is 2. The number of hydrogen-bond acceptors (Lipinski definition) is 6. The molecule has 1 unspecified atom stereocenters. The van der Waals surface area contributed by atoms with Crippen molar-refractivity contribution in [2.75, 3.05) is 25.7 Å². The lowest BCUT2D eigenvalue weighted by atomic mass is 10.1. The van der Waals surface area contributed by atoms with E-state index in [1.807, 2.05) is 49.4 Å². The Morgan fingerprint density at radius 3 is 2.75 bits per heavy atom. The first-order valence-electron chi connectivity index (χ1n) is 9.02. The molecule has 28 heavy (non-hydrogen) atoms. The molecule has 0 saturated carbocycles. The molecule has 144 valence electrons. The lowest BCUT2D eigenvalue weighted by molar-refractivity contribution is -0.117. The van der Waals surface area contributed by atoms with Crippen LogP contribution >= 0.6 is 0 Å². The van der Waals surface area contributed by atoms with Crippen molar-refractivity contribution in [3.8, 4) is 23.0 Å². The van der Waals surface area contributed by atoms with Gasteiger partial charge in [-0.2, -0.15) is 4.98 Å². The van der Waals surface area contributed by atoms with E-state index in [4.69, 9.17) is 14.0 Å². The highest BCUT2D eigenvalue weighted by atomic mass is 16.5. The first kappa shape index (κ1) is 18.0. The Kier molecular flexibility index (Phi) is 4.73. The van der Waals surface area contributed by atoms with E-state index in [1.54, 1.807) is 19.1 Å². The summed E-state index contributed by atoms with van der Waals surface area (Å²) >= 11 is 0. The zero-order chi connectivity index (χ0) is 19.7. The zero-order valence-electron chi connectivity index (χ0n) is 16.0. The molecule has 1 amide bonds. The minimum atomic E-state index is -0.134. The van der Waals surface area contributed by atoms with Crippen LogP contribution in [0.1, 0.15) is 23.7 Å². The van der Waals surface area contributed by atoms with Crippen molar-refractivity contribution in [2.24, 2.45) is 0 Å². The number of carbonyl (C=O) groups excluding carboxylic acids is 1. The molecule has 2 heterocycles. The highest BCUT2D eigenvalue weighted by Crippen LogP contribution is 2.35. The van der Waals surface area contributed by atoms with Crippen molar-refractivity contribution in [3.63, 3.8) is 0 Å². The van der Waals surface area contributed by atoms with E-state index in [9.17, 15) is 4.79 Å². The molecule has 1 aliphatic heterocycles. The number of rotatable bonds is 5. The summed E-state index contributed by atoms with van der Waals surface area (Å²) in [6.07, 6.45) is 0.335. The van der Waals surface area contributed by atoms with E-state index in [-0.39, 0.29) is 11.8 Å². The molecule has 0 spiro atoms. The van der Waals surface area contributed by atoms with Gasteiger partial charge in [0.25, 0.3) is 5.89 Å². The zero-order valence-corrected chi connectivity index (χ0v) is 16.0. The number of amides is 1. The Hall–Kier alpha value is -3.35. The van der Waals surface area contributed by atoms with Crippen LogP contribution in [0, 0.1) is 6.92 Å². The van der Waals surface area contributed by atoms with Gasteiger partial charge in [-0.15, -0.1) is 0 Å². The SMILES string of the molecule is COc1ccc(C)c(N2CC(c3noc(-c4ccccc4OC)n3)CC2=O)c1. The van der Waals surface area contributed by atoms with E-state index < -0.39 is 0 Å². The van der Waals surface area contributed by atoms with Gasteiger partial charge < -0.3 is 18.9 Å². The van der Waals surface area contributed by atoms with Gasteiger partial charge in [0.2, 0.25) is 5.91 Å². The van der Waals surface area contributed by atoms with Crippen molar-refractivity contribution in [2.45, 2.75) is 19.3 Å². The highest BCUT2D eigenvalue weighted by Gasteiger charge is 2.35. The van der Waals surface area contributed by atoms with E-state index >= 15 is 0 Å². The molecule has 0 bridgehead atoms. The van der Waals surface area contributed by atoms with Crippen LogP contribution in [0.15, 0.2) is 47.0 Å². The molecule has 1 atom stereocenters. The molecule has 3 aromatic rings. The smallest absolute Gasteiger partial charge is 0.261 e. The average Bonchev–Trinajstić information content (AvgIpc) is 3.35. The van der Waals surface area contributed by atoms with Gasteiger partial charge in [0.05, 0.1) is 25.5 Å². The molecular weight excluding hydrogens is 358 g/mol. The van der Waals surface area contributed by atoms with E-state index in [1.165, 1.54) is 0 Å². The van der Waals surface area contributed by atoms with Crippen LogP contribution < -0.4 is 14.4 Å². The van der Waals surface area contributed by atoms with Gasteiger partial charge in [0, 0.05) is 24.9 Å². The van der Waals surface area contributed by atoms with Crippen molar-refractivity contribution >= 4 is 11.6 Å². The maximum Gasteiger partial charge on any atom is 0.261 e. The van der Waals surface area contributed by atoms with E-state index in [2.05, 4.69) is 10.1 Å². The lowest BCUT2D eigenvalue weighted by Crippen LogP contribution is -2.25. The minimum absolute atomic E-state index is 0.0324. The molecule has 1 saturated heterocycles. The third kappa shape index (κ3) is 3.19. The number of methoxy groups -OCH3 is 2. The molecule has 1 aromatic heterocycles. The summed E-state index contributed by atoms with van der Waals surface area (Å²) in [6.45, 7) is 2.47. The topological polar surface area (TPSA) is 77.7 Å². The number of nitrogens with zero attached hydrogens (tertiary/aromatic N) is 3. The highest BCUT2D eigenvalue weighted by molar-refractivity contribution is 5.97. The molecule has 7 heteroatoms. The number of para-hydroxylation sites is 1. The summed E-state index contributed by atoms with van der Waals surface area (Å²) in [4.78, 5) is 19.0. The Morgan fingerprint density at radius 2 is 1.96 bits per heavy atom. The fourth-order valence-corrected chi connectivity index (χ4v) is 3.45. The molecule has 1 fully saturated rings. The predicted octanol–water partition coefficient (Wildman–Crippen LogP) is 3.58. The molecule has 0 radical (unpaired) electrons. The van der Waals surface area contributed by atoms with Gasteiger partial charge in [0.15, 0.2) is 5.82 Å². The Morgan fingerprint density at radius 1 is 1.14 bits per heavy atom. The van der Waals surface area contributed by atoms with Gasteiger partial charge in [-0.05, 0) is 30.7 Å². The Bertz CT molecular complexity index is 1010. The minimum Gasteiger partial charge on any atom is -0.497 e. The molecular formula is C21H21N3O4. The number of aromatic nitrogens is 2. The molecule has 0 aliphatic carbocycles. The third-order valence-electron chi connectivity index (χ3n) is 4.98. The summed E-state index contributed by atoms with van der Waals surface area (Å²) in [7, 11) is 3.21. The molecule has 1 aliphatic rings. The van der Waals surface area contributed by atoms with Gasteiger partial charge in [0.1, 0.15) is 11.5 Å². The number of carbonyl (C=O) groups is 1. The van der Waals surface area contributed by atoms with Crippen LogP contribution in [0.25, 0.3) is 11.5 Å². The van der Waals surface area contributed by atoms with Crippen molar-refractivity contribution in [1.82, 2.24) is 10.1 Å². The maximum atomic E-state index is 12.7. The standard InChI is InChI=1S/C21H21N3O4/c1-13-8-9-15(26-2)11-17(13)24-12-14(10-19(24)25)20-22-21(28-23-20)16-6-4-5-7-18(16)27-3/h4-9,11,14H,10,12H2,1-3H3. The molecule has 2 aromatic carbocycles. The first-order valence-corrected chi connectivity index (χ1v) is 9.02. The monoisotopic (exact) mass is 379 g/mol. The fourth-order valence-electron chi connectivity index (χ4n) is 3.45. The van der Waals surface area contributed by atoms with Gasteiger partial charge in [-0.25, -0.2) is 0 Å². The van der Waals surface area contributed by atoms with Crippen LogP contribution in [0.3, 0.4) is 0 Å². The second-order valence-corrected chi connectivity index (χ2v) is 6.72. The predicted molar refractivity (Wildman–Crippen MR) is 104 cm³/mol. The van der Waals surface area contributed by atoms with Crippen molar-refractivity contribution in [1.29, 1.82) is 0 Å². The molecule has 7 nitrogen and oxygen atoms in total. The molecule has 0 N–H and O–H groups in total. The lowest BCUT2D eigenvalue weighted by Gasteiger charge is -2.19. The first-order chi connectivity index (χ1) is 13.6. The summed E-state index contributed by atoms with van der Waals surface area (Å²) < 4.78 is 16.1. The van der Waals surface area contributed by atoms with Crippen LogP contribution in [0.5, 0.6) is 11.5 Å². The Balaban J connectivity index is 1.59. The second kappa shape index (κ2) is 7.34. The summed E-state index contributed by atoms with van der Waals surface area (Å²) in [5.41, 5.74) is 2.59. The normalized spacial score (nSPS) is 16.5. The van der Waals surface area contributed by atoms with Crippen LogP contribution in [-0.4, -0.2) is 36.8 Å². The van der Waals surface area contributed by atoms with Crippen LogP contribution in [0.2, 0.25) is 0 Å². The Labute approximate surface area is 162 Å². The maximum absolute atomic E-state index is 12.7. The van der Waals surface area contributed by atoms with Crippen LogP contribution in [0.4, 0.5) is 5.69 Å². The summed E-state index contributed by atoms with van der Waals surface area (Å²) in [5, 5.41) is 4.12. The second-order valence-electron chi connectivity index (χ2n) is 6.72. The number of ether oxygens (including phenoxy) is 2. The van der Waals surface area contributed by atoms with Gasteiger partial charge >= 0.3 is 0 Å². The largest absolute Gasteiger partial charge is 0.497 e. The average molecular weight is 379 g/mol. The summed E-state index contributed by atoms with van der Waals surface area (Å²) in [5.74, 6) is 2.19. The number of hydrogen-bond donors (Lipinski definition) is 0. The number of aryl methyl sites for hydroxylation is 1. The fraction of sp³-hybridized carbons (Fsp3) is 0.286. The molecule has 4 rings (SSSR count). The van der Waals surface area contributed by atoms with Crippen molar-refractivity contribution < 1.29 is 18.8 Å². The van der Waals surface area contributed by atoms with E-state index in [0.29, 0.717) is 30.4 Å². The quantitative estimate of drug-likeness (QED) is 0.674.